The van der Waals surface area contributed by atoms with Gasteiger partial charge in [0.15, 0.2) is 5.79 Å². The summed E-state index contributed by atoms with van der Waals surface area (Å²) in [4.78, 5) is 40.0. The zero-order chi connectivity index (χ0) is 35.1. The number of hydrogen-bond acceptors (Lipinski definition) is 5. The largest absolute Gasteiger partial charge is 0.481 e. The van der Waals surface area contributed by atoms with E-state index in [-0.39, 0.29) is 23.8 Å². The smallest absolute Gasteiger partial charge is 0.310 e. The van der Waals surface area contributed by atoms with Gasteiger partial charge in [0.05, 0.1) is 18.1 Å². The number of carbonyl (C=O) groups excluding carboxylic acids is 2. The fourth-order valence-electron chi connectivity index (χ4n) is 7.97. The molecule has 3 N–H and O–H groups in total. The van der Waals surface area contributed by atoms with Crippen LogP contribution in [0.5, 0.6) is 0 Å². The lowest BCUT2D eigenvalue weighted by atomic mass is 9.64. The van der Waals surface area contributed by atoms with Crippen LogP contribution in [-0.4, -0.2) is 53.5 Å². The molecular weight excluding hydrogens is 604 g/mol. The summed E-state index contributed by atoms with van der Waals surface area (Å²) in [6.45, 7) is 9.96. The lowest BCUT2D eigenvalue weighted by molar-refractivity contribution is -0.304. The number of unbranched alkanes of at least 4 members (excludes halogenated alkanes) is 12. The maximum Gasteiger partial charge on any atom is 0.310 e. The van der Waals surface area contributed by atoms with Gasteiger partial charge in [-0.3, -0.25) is 14.4 Å². The van der Waals surface area contributed by atoms with Crippen molar-refractivity contribution in [3.8, 4) is 0 Å². The van der Waals surface area contributed by atoms with Crippen LogP contribution in [0, 0.1) is 16.7 Å². The average Bonchev–Trinajstić information content (AvgIpc) is 3.48. The van der Waals surface area contributed by atoms with E-state index in [4.69, 9.17) is 9.47 Å². The van der Waals surface area contributed by atoms with Gasteiger partial charge in [0.1, 0.15) is 6.10 Å². The number of aliphatic carboxylic acids is 1. The molecule has 1 heterocycles. The summed E-state index contributed by atoms with van der Waals surface area (Å²) < 4.78 is 11.7. The number of hydrogen-bond donors (Lipinski definition) is 3. The van der Waals surface area contributed by atoms with Crippen LogP contribution in [-0.2, 0) is 23.9 Å². The van der Waals surface area contributed by atoms with E-state index < -0.39 is 34.7 Å². The van der Waals surface area contributed by atoms with Gasteiger partial charge in [-0.1, -0.05) is 116 Å². The second kappa shape index (κ2) is 19.5. The van der Waals surface area contributed by atoms with Crippen molar-refractivity contribution in [2.45, 2.75) is 193 Å². The van der Waals surface area contributed by atoms with Crippen LogP contribution in [0.2, 0.25) is 0 Å². The number of amides is 2. The Hall–Kier alpha value is -1.93. The Morgan fingerprint density at radius 3 is 1.90 bits per heavy atom. The number of ether oxygens (including phenoxy) is 2. The zero-order valence-corrected chi connectivity index (χ0v) is 31.3. The minimum Gasteiger partial charge on any atom is -0.481 e. The molecular formula is C40H70N2O6. The highest BCUT2D eigenvalue weighted by molar-refractivity contribution is 5.86. The molecule has 276 valence electrons. The Balaban J connectivity index is 1.42. The highest BCUT2D eigenvalue weighted by Crippen LogP contribution is 2.47. The van der Waals surface area contributed by atoms with Gasteiger partial charge in [-0.25, -0.2) is 0 Å². The predicted molar refractivity (Wildman–Crippen MR) is 193 cm³/mol. The fourth-order valence-corrected chi connectivity index (χ4v) is 7.97. The van der Waals surface area contributed by atoms with Crippen LogP contribution >= 0.6 is 0 Å². The quantitative estimate of drug-likeness (QED) is 0.0736. The lowest BCUT2D eigenvalue weighted by Gasteiger charge is -2.46. The van der Waals surface area contributed by atoms with Crippen LogP contribution in [0.25, 0.3) is 0 Å². The third kappa shape index (κ3) is 12.1. The van der Waals surface area contributed by atoms with Crippen molar-refractivity contribution in [2.75, 3.05) is 13.2 Å². The maximum absolute atomic E-state index is 13.9. The van der Waals surface area contributed by atoms with E-state index >= 15 is 0 Å². The molecule has 8 nitrogen and oxygen atoms in total. The highest BCUT2D eigenvalue weighted by atomic mass is 16.7. The van der Waals surface area contributed by atoms with Crippen molar-refractivity contribution in [2.24, 2.45) is 16.7 Å². The molecule has 48 heavy (non-hydrogen) atoms. The number of nitrogens with one attached hydrogen (secondary N) is 2. The molecule has 1 aliphatic heterocycles. The van der Waals surface area contributed by atoms with E-state index in [1.54, 1.807) is 13.8 Å². The SMILES string of the molecule is CCCCCCCC/C=C/CCCCCCCCC1(C(=O)NC2(C(CNC(=O)C3OC(C)(C)OCC3(C)C)C(=O)O)CCCC2)CCC1. The molecule has 0 aromatic rings. The Kier molecular flexibility index (Phi) is 16.4. The molecule has 2 saturated carbocycles. The van der Waals surface area contributed by atoms with Crippen molar-refractivity contribution in [3.05, 3.63) is 12.2 Å². The summed E-state index contributed by atoms with van der Waals surface area (Å²) in [6.07, 6.45) is 28.3. The summed E-state index contributed by atoms with van der Waals surface area (Å²) in [5, 5.41) is 16.6. The Bertz CT molecular complexity index is 1030. The zero-order valence-electron chi connectivity index (χ0n) is 31.3. The molecule has 2 atom stereocenters. The fraction of sp³-hybridized carbons (Fsp3) is 0.875. The number of carboxylic acids is 1. The molecule has 3 fully saturated rings. The van der Waals surface area contributed by atoms with E-state index in [2.05, 4.69) is 29.7 Å². The van der Waals surface area contributed by atoms with Gasteiger partial charge >= 0.3 is 5.97 Å². The van der Waals surface area contributed by atoms with Crippen molar-refractivity contribution >= 4 is 17.8 Å². The van der Waals surface area contributed by atoms with E-state index in [0.717, 1.165) is 51.4 Å². The number of allylic oxidation sites excluding steroid dienone is 2. The van der Waals surface area contributed by atoms with Crippen LogP contribution in [0.15, 0.2) is 12.2 Å². The highest BCUT2D eigenvalue weighted by Gasteiger charge is 2.52. The van der Waals surface area contributed by atoms with E-state index in [9.17, 15) is 19.5 Å². The predicted octanol–water partition coefficient (Wildman–Crippen LogP) is 9.01. The summed E-state index contributed by atoms with van der Waals surface area (Å²) in [5.74, 6) is -3.10. The Labute approximate surface area is 292 Å². The minimum absolute atomic E-state index is 0.0246. The minimum atomic E-state index is -0.985. The first-order chi connectivity index (χ1) is 22.9. The molecule has 0 aromatic carbocycles. The average molecular weight is 675 g/mol. The van der Waals surface area contributed by atoms with E-state index in [0.29, 0.717) is 19.4 Å². The monoisotopic (exact) mass is 675 g/mol. The number of carboxylic acid groups (broad SMARTS) is 1. The van der Waals surface area contributed by atoms with Crippen LogP contribution < -0.4 is 10.6 Å². The van der Waals surface area contributed by atoms with E-state index in [1.165, 1.54) is 77.0 Å². The Morgan fingerprint density at radius 1 is 0.792 bits per heavy atom. The Morgan fingerprint density at radius 2 is 1.35 bits per heavy atom. The molecule has 2 unspecified atom stereocenters. The molecule has 3 aliphatic rings. The molecule has 0 bridgehead atoms. The maximum atomic E-state index is 13.9. The second-order valence-electron chi connectivity index (χ2n) is 16.5. The molecule has 1 saturated heterocycles. The summed E-state index contributed by atoms with van der Waals surface area (Å²) in [5.41, 5.74) is -1.79. The van der Waals surface area contributed by atoms with Gasteiger partial charge in [-0.15, -0.1) is 0 Å². The summed E-state index contributed by atoms with van der Waals surface area (Å²) in [7, 11) is 0. The van der Waals surface area contributed by atoms with Crippen molar-refractivity contribution < 1.29 is 29.0 Å². The summed E-state index contributed by atoms with van der Waals surface area (Å²) >= 11 is 0. The van der Waals surface area contributed by atoms with Crippen molar-refractivity contribution in [3.63, 3.8) is 0 Å². The van der Waals surface area contributed by atoms with Gasteiger partial charge in [0, 0.05) is 17.4 Å². The molecule has 0 radical (unpaired) electrons. The van der Waals surface area contributed by atoms with Crippen LogP contribution in [0.3, 0.4) is 0 Å². The van der Waals surface area contributed by atoms with Crippen LogP contribution in [0.1, 0.15) is 176 Å². The number of rotatable bonds is 23. The number of carbonyl (C=O) groups is 3. The van der Waals surface area contributed by atoms with E-state index in [1.807, 2.05) is 13.8 Å². The first-order valence-corrected chi connectivity index (χ1v) is 19.7. The van der Waals surface area contributed by atoms with Crippen molar-refractivity contribution in [1.82, 2.24) is 10.6 Å². The second-order valence-corrected chi connectivity index (χ2v) is 16.5. The lowest BCUT2D eigenvalue weighted by Crippen LogP contribution is -2.62. The van der Waals surface area contributed by atoms with Gasteiger partial charge in [-0.2, -0.15) is 0 Å². The molecule has 0 aromatic heterocycles. The van der Waals surface area contributed by atoms with Gasteiger partial charge in [0.25, 0.3) is 0 Å². The molecule has 3 rings (SSSR count). The first kappa shape index (κ1) is 40.5. The first-order valence-electron chi connectivity index (χ1n) is 19.7. The summed E-state index contributed by atoms with van der Waals surface area (Å²) in [6, 6.07) is 0. The molecule has 8 heteroatoms. The normalized spacial score (nSPS) is 23.0. The standard InChI is InChI=1S/C40H70N2O6/c1-6-7-8-9-10-11-12-13-14-15-16-17-18-19-20-21-25-39(26-24-27-39)36(46)42-40(28-22-23-29-40)32(35(44)45)30-41-34(43)33-37(2,3)31-47-38(4,5)48-33/h13-14,32-33H,6-12,15-31H2,1-5H3,(H,41,43)(H,42,46)(H,44,45)/b14-13+. The third-order valence-corrected chi connectivity index (χ3v) is 11.4. The van der Waals surface area contributed by atoms with Gasteiger partial charge < -0.3 is 25.2 Å². The van der Waals surface area contributed by atoms with Gasteiger partial charge in [0.2, 0.25) is 11.8 Å². The topological polar surface area (TPSA) is 114 Å². The van der Waals surface area contributed by atoms with Crippen LogP contribution in [0.4, 0.5) is 0 Å². The van der Waals surface area contributed by atoms with Gasteiger partial charge in [-0.05, 0) is 71.6 Å². The molecule has 2 aliphatic carbocycles. The molecule has 0 spiro atoms. The third-order valence-electron chi connectivity index (χ3n) is 11.4. The molecule has 2 amide bonds. The van der Waals surface area contributed by atoms with Crippen molar-refractivity contribution in [1.29, 1.82) is 0 Å².